The molecule has 0 bridgehead atoms. The van der Waals surface area contributed by atoms with E-state index in [9.17, 15) is 0 Å². The zero-order chi connectivity index (χ0) is 13.6. The average molecular weight is 289 g/mol. The van der Waals surface area contributed by atoms with Crippen molar-refractivity contribution in [2.75, 3.05) is 28.4 Å². The molecule has 7 nitrogen and oxygen atoms in total. The molecule has 0 atom stereocenters. The van der Waals surface area contributed by atoms with Crippen LogP contribution in [-0.4, -0.2) is 48.4 Å². The van der Waals surface area contributed by atoms with Crippen molar-refractivity contribution in [1.29, 1.82) is 0 Å². The molecule has 10 heteroatoms. The van der Waals surface area contributed by atoms with Gasteiger partial charge in [0.05, 0.1) is 7.11 Å². The van der Waals surface area contributed by atoms with E-state index in [1.54, 1.807) is 21.3 Å². The van der Waals surface area contributed by atoms with Gasteiger partial charge in [-0.05, 0) is 12.2 Å². The number of carbonyl (C=O) groups excluding carboxylic acids is 1. The Morgan fingerprint density at radius 1 is 1.12 bits per heavy atom. The first-order chi connectivity index (χ1) is 7.35. The summed E-state index contributed by atoms with van der Waals surface area (Å²) in [5.41, 5.74) is 9.14. The summed E-state index contributed by atoms with van der Waals surface area (Å²) in [6, 6.07) is 0. The van der Waals surface area contributed by atoms with Crippen LogP contribution in [0.1, 0.15) is 0 Å². The number of thiocarbonyl (C=S) groups is 1. The Bertz CT molecular complexity index is 173. The van der Waals surface area contributed by atoms with E-state index in [4.69, 9.17) is 23.8 Å². The van der Waals surface area contributed by atoms with Crippen LogP contribution < -0.4 is 11.5 Å². The van der Waals surface area contributed by atoms with Crippen LogP contribution in [0.25, 0.3) is 0 Å². The molecule has 1 amide bonds. The number of rotatable bonds is 3. The van der Waals surface area contributed by atoms with Crippen LogP contribution in [0.4, 0.5) is 4.79 Å². The summed E-state index contributed by atoms with van der Waals surface area (Å²) in [7, 11) is 4.74. The second-order valence-corrected chi connectivity index (χ2v) is 4.29. The summed E-state index contributed by atoms with van der Waals surface area (Å²) in [4.78, 5) is 9.09. The number of carbonyl (C=O) groups is 1. The maximum absolute atomic E-state index is 9.09. The third-order valence-electron chi connectivity index (χ3n) is 0.701. The predicted molar refractivity (Wildman–Crippen MR) is 69.1 cm³/mol. The Hall–Kier alpha value is -0.393. The van der Waals surface area contributed by atoms with E-state index in [0.29, 0.717) is 0 Å². The lowest BCUT2D eigenvalue weighted by atomic mass is 11.3. The molecule has 1 radical (unpaired) electrons. The van der Waals surface area contributed by atoms with E-state index in [1.165, 1.54) is 7.11 Å². The molecule has 0 saturated heterocycles. The van der Waals surface area contributed by atoms with Gasteiger partial charge in [0.1, 0.15) is 0 Å². The molecule has 0 aromatic carbocycles. The minimum atomic E-state index is -1.36. The smallest absolute Gasteiger partial charge is 0.475 e. The number of methoxy groups -OCH3 is 1. The Morgan fingerprint density at radius 3 is 1.31 bits per heavy atom. The van der Waals surface area contributed by atoms with Gasteiger partial charge in [-0.3, -0.25) is 4.79 Å². The van der Waals surface area contributed by atoms with Crippen LogP contribution in [0.15, 0.2) is 0 Å². The van der Waals surface area contributed by atoms with E-state index in [0.717, 1.165) is 0 Å². The molecule has 0 rings (SSSR count). The number of nitrogens with two attached hydrogens (primary N) is 2. The highest BCUT2D eigenvalue weighted by molar-refractivity contribution is 7.96. The first-order valence-corrected chi connectivity index (χ1v) is 5.74. The number of primary amides is 1. The zero-order valence-corrected chi connectivity index (χ0v) is 12.3. The summed E-state index contributed by atoms with van der Waals surface area (Å²) in [5.74, 6) is 0. The summed E-state index contributed by atoms with van der Waals surface area (Å²) in [6.45, 7) is 0. The molecule has 0 spiro atoms. The van der Waals surface area contributed by atoms with Crippen LogP contribution in [0, 0.1) is 0 Å². The van der Waals surface area contributed by atoms with E-state index < -0.39 is 14.8 Å². The van der Waals surface area contributed by atoms with Crippen LogP contribution in [-0.2, 0) is 18.0 Å². The van der Waals surface area contributed by atoms with Crippen molar-refractivity contribution in [3.8, 4) is 0 Å². The second-order valence-electron chi connectivity index (χ2n) is 1.72. The van der Waals surface area contributed by atoms with Crippen LogP contribution in [0.3, 0.4) is 0 Å². The Labute approximate surface area is 108 Å². The molecule has 0 aliphatic rings. The monoisotopic (exact) mass is 289 g/mol. The number of thiol groups is 1. The van der Waals surface area contributed by atoms with Crippen LogP contribution >= 0.6 is 24.8 Å². The topological polar surface area (TPSA) is 106 Å². The van der Waals surface area contributed by atoms with E-state index in [1.807, 2.05) is 0 Å². The lowest BCUT2D eigenvalue weighted by Crippen LogP contribution is -2.21. The van der Waals surface area contributed by atoms with Crippen molar-refractivity contribution >= 4 is 44.8 Å². The summed E-state index contributed by atoms with van der Waals surface area (Å²) in [6.07, 6.45) is 0. The van der Waals surface area contributed by atoms with Gasteiger partial charge in [-0.1, -0.05) is 12.6 Å². The molecule has 0 aromatic rings. The Kier molecular flexibility index (Phi) is 22.3. The molecule has 0 heterocycles. The highest BCUT2D eigenvalue weighted by Gasteiger charge is 2.09. The highest BCUT2D eigenvalue weighted by atomic mass is 32.1. The van der Waals surface area contributed by atoms with Gasteiger partial charge in [-0.2, -0.15) is 0 Å². The molecule has 0 aliphatic heterocycles. The molecule has 0 aromatic heterocycles. The molecular formula is C6H17N2O5S2Si. The molecule has 0 saturated carbocycles. The minimum Gasteiger partial charge on any atom is -0.475 e. The van der Waals surface area contributed by atoms with Gasteiger partial charge in [-0.25, -0.2) is 0 Å². The van der Waals surface area contributed by atoms with Crippen LogP contribution in [0.5, 0.6) is 0 Å². The fraction of sp³-hybridized carbons (Fsp3) is 0.667. The van der Waals surface area contributed by atoms with Gasteiger partial charge in [-0.15, -0.1) is 0 Å². The number of amides is 1. The number of hydrogen-bond acceptors (Lipinski definition) is 6. The maximum atomic E-state index is 9.09. The van der Waals surface area contributed by atoms with Crippen molar-refractivity contribution in [2.45, 2.75) is 0 Å². The predicted octanol–water partition coefficient (Wildman–Crippen LogP) is -0.218. The number of ether oxygens (including phenoxy) is 1. The van der Waals surface area contributed by atoms with Gasteiger partial charge < -0.3 is 29.5 Å². The van der Waals surface area contributed by atoms with Gasteiger partial charge in [0.2, 0.25) is 0 Å². The number of hydrogen-bond donors (Lipinski definition) is 3. The van der Waals surface area contributed by atoms with Crippen molar-refractivity contribution < 1.29 is 22.8 Å². The average Bonchev–Trinajstić information content (AvgIpc) is 2.20. The normalized spacial score (nSPS) is 8.12. The first kappa shape index (κ1) is 21.0. The van der Waals surface area contributed by atoms with Crippen molar-refractivity contribution in [3.63, 3.8) is 0 Å². The lowest BCUT2D eigenvalue weighted by molar-refractivity contribution is 0.163. The van der Waals surface area contributed by atoms with Crippen molar-refractivity contribution in [3.05, 3.63) is 0 Å². The Balaban J connectivity index is -0.000000166. The van der Waals surface area contributed by atoms with Gasteiger partial charge in [0.25, 0.3) is 10.4 Å². The molecule has 16 heavy (non-hydrogen) atoms. The van der Waals surface area contributed by atoms with Crippen molar-refractivity contribution in [2.24, 2.45) is 11.5 Å². The quantitative estimate of drug-likeness (QED) is 0.375. The summed E-state index contributed by atoms with van der Waals surface area (Å²) < 4.78 is 18.4. The Morgan fingerprint density at radius 2 is 1.31 bits per heavy atom. The fourth-order valence-corrected chi connectivity index (χ4v) is 0.750. The lowest BCUT2D eigenvalue weighted by Gasteiger charge is -2.02. The third-order valence-corrected chi connectivity index (χ3v) is 1.87. The standard InChI is InChI=1S/C3H9O3Si.C2H5NOS.CH3NOS/c1-4-7(5-2)6-3;1-4-2(3)5;2-1(3)4/h1-3H3;1H3,(H2,3,5);(H3,2,3,4). The van der Waals surface area contributed by atoms with Gasteiger partial charge >= 0.3 is 9.53 Å². The van der Waals surface area contributed by atoms with Gasteiger partial charge in [0.15, 0.2) is 0 Å². The van der Waals surface area contributed by atoms with Crippen molar-refractivity contribution in [1.82, 2.24) is 0 Å². The molecule has 4 N–H and O–H groups in total. The molecule has 97 valence electrons. The second kappa shape index (κ2) is 17.0. The van der Waals surface area contributed by atoms with E-state index >= 15 is 0 Å². The summed E-state index contributed by atoms with van der Waals surface area (Å²) in [5, 5.41) is -0.551. The first-order valence-electron chi connectivity index (χ1n) is 3.66. The molecule has 0 unspecified atom stereocenters. The minimum absolute atomic E-state index is 0.0880. The highest BCUT2D eigenvalue weighted by Crippen LogP contribution is 1.81. The fourth-order valence-electron chi connectivity index (χ4n) is 0.250. The maximum Gasteiger partial charge on any atom is 0.576 e. The zero-order valence-electron chi connectivity index (χ0n) is 9.55. The molecule has 0 fully saturated rings. The van der Waals surface area contributed by atoms with Crippen LogP contribution in [0.2, 0.25) is 0 Å². The summed E-state index contributed by atoms with van der Waals surface area (Å²) >= 11 is 7.36. The largest absolute Gasteiger partial charge is 0.576 e. The third kappa shape index (κ3) is 37.4. The SMILES string of the molecule is COC(N)=S.CO[Si](OC)OC.NC(=O)S. The molecular weight excluding hydrogens is 272 g/mol. The molecule has 0 aliphatic carbocycles. The van der Waals surface area contributed by atoms with E-state index in [-0.39, 0.29) is 5.17 Å². The van der Waals surface area contributed by atoms with Gasteiger partial charge in [0, 0.05) is 21.3 Å². The van der Waals surface area contributed by atoms with E-state index in [2.05, 4.69) is 35.3 Å².